The van der Waals surface area contributed by atoms with Gasteiger partial charge in [-0.3, -0.25) is 14.6 Å². The summed E-state index contributed by atoms with van der Waals surface area (Å²) in [6.07, 6.45) is 5.76. The van der Waals surface area contributed by atoms with E-state index in [2.05, 4.69) is 30.9 Å². The van der Waals surface area contributed by atoms with Gasteiger partial charge >= 0.3 is 6.09 Å². The van der Waals surface area contributed by atoms with Crippen LogP contribution in [-0.4, -0.2) is 68.8 Å². The highest BCUT2D eigenvalue weighted by atomic mass is 16.6. The number of carbonyl (C=O) groups is 3. The monoisotopic (exact) mass is 654 g/mol. The zero-order chi connectivity index (χ0) is 34.3. The lowest BCUT2D eigenvalue weighted by atomic mass is 9.81. The molecule has 0 radical (unpaired) electrons. The Morgan fingerprint density at radius 3 is 2.31 bits per heavy atom. The molecule has 1 aliphatic rings. The first-order chi connectivity index (χ1) is 23.0. The van der Waals surface area contributed by atoms with Crippen LogP contribution >= 0.6 is 0 Å². The molecule has 13 nitrogen and oxygen atoms in total. The fourth-order valence-electron chi connectivity index (χ4n) is 5.85. The Hall–Kier alpha value is -5.17. The van der Waals surface area contributed by atoms with Crippen LogP contribution in [0.25, 0.3) is 22.5 Å². The summed E-state index contributed by atoms with van der Waals surface area (Å²) in [7, 11) is 1.60. The Morgan fingerprint density at radius 2 is 1.69 bits per heavy atom. The minimum absolute atomic E-state index is 0.206. The maximum Gasteiger partial charge on any atom is 0.407 e. The van der Waals surface area contributed by atoms with Crippen LogP contribution in [0, 0.1) is 11.8 Å². The minimum Gasteiger partial charge on any atom is -0.494 e. The van der Waals surface area contributed by atoms with E-state index in [1.165, 1.54) is 4.90 Å². The zero-order valence-electron chi connectivity index (χ0n) is 27.7. The highest BCUT2D eigenvalue weighted by Gasteiger charge is 2.35. The molecule has 5 rings (SSSR count). The Kier molecular flexibility index (Phi) is 10.8. The number of methoxy groups -OCH3 is 1. The SMILES string of the molecule is COc1cnccc1-c1ccc(C[C@H](N)C(=O)N(C(=O)C2CCC(CNC(=O)OC(C)(C)C)CC2)c2ccc(-c3nn[nH]n3)cc2)cc1. The number of nitrogens with zero attached hydrogens (tertiary/aromatic N) is 5. The molecule has 1 atom stereocenters. The molecule has 1 saturated carbocycles. The van der Waals surface area contributed by atoms with Gasteiger partial charge in [-0.2, -0.15) is 5.21 Å². The molecule has 0 bridgehead atoms. The van der Waals surface area contributed by atoms with Crippen molar-refractivity contribution in [3.05, 3.63) is 72.6 Å². The van der Waals surface area contributed by atoms with Gasteiger partial charge in [0, 0.05) is 29.8 Å². The van der Waals surface area contributed by atoms with Crippen molar-refractivity contribution >= 4 is 23.6 Å². The number of hydrogen-bond donors (Lipinski definition) is 3. The van der Waals surface area contributed by atoms with E-state index in [4.69, 9.17) is 15.2 Å². The van der Waals surface area contributed by atoms with Gasteiger partial charge < -0.3 is 20.5 Å². The Balaban J connectivity index is 1.29. The van der Waals surface area contributed by atoms with Crippen LogP contribution in [0.4, 0.5) is 10.5 Å². The number of pyridine rings is 1. The van der Waals surface area contributed by atoms with Crippen molar-refractivity contribution in [1.82, 2.24) is 30.9 Å². The van der Waals surface area contributed by atoms with E-state index in [9.17, 15) is 14.4 Å². The fourth-order valence-corrected chi connectivity index (χ4v) is 5.85. The van der Waals surface area contributed by atoms with Crippen molar-refractivity contribution in [3.63, 3.8) is 0 Å². The largest absolute Gasteiger partial charge is 0.494 e. The minimum atomic E-state index is -0.971. The van der Waals surface area contributed by atoms with Gasteiger partial charge in [-0.25, -0.2) is 9.69 Å². The van der Waals surface area contributed by atoms with Gasteiger partial charge in [-0.15, -0.1) is 10.2 Å². The number of alkyl carbamates (subject to hydrolysis) is 1. The van der Waals surface area contributed by atoms with Gasteiger partial charge in [0.25, 0.3) is 5.91 Å². The number of benzene rings is 2. The lowest BCUT2D eigenvalue weighted by Crippen LogP contribution is -2.50. The second-order valence-corrected chi connectivity index (χ2v) is 13.0. The average molecular weight is 655 g/mol. The van der Waals surface area contributed by atoms with Crippen molar-refractivity contribution in [2.45, 2.75) is 64.5 Å². The third-order valence-electron chi connectivity index (χ3n) is 8.34. The number of amides is 3. The number of carbonyl (C=O) groups excluding carboxylic acids is 3. The highest BCUT2D eigenvalue weighted by Crippen LogP contribution is 2.33. The van der Waals surface area contributed by atoms with Gasteiger partial charge in [-0.1, -0.05) is 24.3 Å². The predicted octanol–water partition coefficient (Wildman–Crippen LogP) is 4.70. The summed E-state index contributed by atoms with van der Waals surface area (Å²) in [6.45, 7) is 5.92. The average Bonchev–Trinajstić information content (AvgIpc) is 3.63. The Labute approximate surface area is 279 Å². The predicted molar refractivity (Wildman–Crippen MR) is 180 cm³/mol. The topological polar surface area (TPSA) is 178 Å². The number of aromatic nitrogens is 5. The van der Waals surface area contributed by atoms with E-state index >= 15 is 0 Å². The zero-order valence-corrected chi connectivity index (χ0v) is 27.7. The third kappa shape index (κ3) is 8.59. The van der Waals surface area contributed by atoms with E-state index in [1.807, 2.05) is 51.1 Å². The number of hydrogen-bond acceptors (Lipinski definition) is 10. The number of imide groups is 1. The standard InChI is InChI=1S/C35H42N8O5/c1-35(2,3)48-34(46)38-20-23-7-11-26(12-8-23)32(44)43(27-15-13-25(14-16-27)31-39-41-42-40-31)33(45)29(36)19-22-5-9-24(10-6-22)28-17-18-37-21-30(28)47-4/h5-6,9-10,13-18,21,23,26,29H,7-8,11-12,19-20,36H2,1-4H3,(H,38,46)(H,39,40,41,42)/t23?,26?,29-/m0/s1. The van der Waals surface area contributed by atoms with Crippen LogP contribution < -0.4 is 20.7 Å². The van der Waals surface area contributed by atoms with Crippen LogP contribution in [0.1, 0.15) is 52.0 Å². The second kappa shape index (κ2) is 15.2. The third-order valence-corrected chi connectivity index (χ3v) is 8.34. The first-order valence-electron chi connectivity index (χ1n) is 16.0. The van der Waals surface area contributed by atoms with Crippen LogP contribution in [0.3, 0.4) is 0 Å². The normalized spacial score (nSPS) is 16.9. The molecule has 0 aliphatic heterocycles. The number of aromatic amines is 1. The number of tetrazole rings is 1. The van der Waals surface area contributed by atoms with Crippen LogP contribution in [0.2, 0.25) is 0 Å². The molecule has 2 aromatic heterocycles. The number of nitrogens with two attached hydrogens (primary N) is 1. The number of H-pyrrole nitrogens is 1. The van der Waals surface area contributed by atoms with Gasteiger partial charge in [0.2, 0.25) is 11.7 Å². The molecule has 48 heavy (non-hydrogen) atoms. The maximum absolute atomic E-state index is 14.1. The molecule has 0 saturated heterocycles. The molecule has 252 valence electrons. The first-order valence-corrected chi connectivity index (χ1v) is 16.0. The van der Waals surface area contributed by atoms with Crippen LogP contribution in [-0.2, 0) is 20.7 Å². The highest BCUT2D eigenvalue weighted by molar-refractivity contribution is 6.17. The van der Waals surface area contributed by atoms with E-state index in [1.54, 1.807) is 43.8 Å². The molecule has 0 unspecified atom stereocenters. The van der Waals surface area contributed by atoms with Crippen molar-refractivity contribution in [2.75, 3.05) is 18.6 Å². The molecular weight excluding hydrogens is 612 g/mol. The van der Waals surface area contributed by atoms with Crippen LogP contribution in [0.15, 0.2) is 67.0 Å². The summed E-state index contributed by atoms with van der Waals surface area (Å²) < 4.78 is 10.8. The summed E-state index contributed by atoms with van der Waals surface area (Å²) in [4.78, 5) is 45.6. The number of nitrogens with one attached hydrogen (secondary N) is 2. The lowest BCUT2D eigenvalue weighted by molar-refractivity contribution is -0.130. The Bertz CT molecular complexity index is 1680. The summed E-state index contributed by atoms with van der Waals surface area (Å²) >= 11 is 0. The summed E-state index contributed by atoms with van der Waals surface area (Å²) in [5, 5.41) is 16.9. The maximum atomic E-state index is 14.1. The van der Waals surface area contributed by atoms with Crippen molar-refractivity contribution in [1.29, 1.82) is 0 Å². The smallest absolute Gasteiger partial charge is 0.407 e. The number of anilines is 1. The number of ether oxygens (including phenoxy) is 2. The van der Waals surface area contributed by atoms with Crippen molar-refractivity contribution in [2.24, 2.45) is 17.6 Å². The van der Waals surface area contributed by atoms with Gasteiger partial charge in [0.1, 0.15) is 11.4 Å². The van der Waals surface area contributed by atoms with Gasteiger partial charge in [0.05, 0.1) is 25.0 Å². The first kappa shape index (κ1) is 34.2. The van der Waals surface area contributed by atoms with Crippen molar-refractivity contribution in [3.8, 4) is 28.3 Å². The molecule has 2 heterocycles. The molecule has 1 fully saturated rings. The van der Waals surface area contributed by atoms with E-state index in [-0.39, 0.29) is 24.2 Å². The molecule has 4 N–H and O–H groups in total. The lowest BCUT2D eigenvalue weighted by Gasteiger charge is -2.32. The number of rotatable bonds is 10. The molecular formula is C35H42N8O5. The second-order valence-electron chi connectivity index (χ2n) is 13.0. The molecule has 4 aromatic rings. The molecule has 1 aliphatic carbocycles. The fraction of sp³-hybridized carbons (Fsp3) is 0.400. The molecule has 13 heteroatoms. The van der Waals surface area contributed by atoms with Crippen molar-refractivity contribution < 1.29 is 23.9 Å². The van der Waals surface area contributed by atoms with Gasteiger partial charge in [0.15, 0.2) is 0 Å². The summed E-state index contributed by atoms with van der Waals surface area (Å²) in [5.74, 6) is 0.115. The van der Waals surface area contributed by atoms with E-state index in [0.29, 0.717) is 42.2 Å². The molecule has 2 aromatic carbocycles. The van der Waals surface area contributed by atoms with Crippen LogP contribution in [0.5, 0.6) is 5.75 Å². The quantitative estimate of drug-likeness (QED) is 0.217. The van der Waals surface area contributed by atoms with E-state index < -0.39 is 23.6 Å². The molecule has 0 spiro atoms. The summed E-state index contributed by atoms with van der Waals surface area (Å²) in [5.41, 5.74) is 9.75. The van der Waals surface area contributed by atoms with Gasteiger partial charge in [-0.05, 0) is 105 Å². The Morgan fingerprint density at radius 1 is 1.00 bits per heavy atom. The molecule has 3 amide bonds. The summed E-state index contributed by atoms with van der Waals surface area (Å²) in [6, 6.07) is 15.5. The van der Waals surface area contributed by atoms with E-state index in [0.717, 1.165) is 29.5 Å².